The monoisotopic (exact) mass is 343 g/mol. The summed E-state index contributed by atoms with van der Waals surface area (Å²) in [5.41, 5.74) is 2.43. The number of aromatic nitrogens is 1. The molecule has 0 fully saturated rings. The topological polar surface area (TPSA) is 29.4 Å². The van der Waals surface area contributed by atoms with E-state index in [2.05, 4.69) is 66.0 Å². The van der Waals surface area contributed by atoms with Gasteiger partial charge in [-0.15, -0.1) is 0 Å². The predicted molar refractivity (Wildman–Crippen MR) is 101 cm³/mol. The lowest BCUT2D eigenvalue weighted by molar-refractivity contribution is 0.278. The summed E-state index contributed by atoms with van der Waals surface area (Å²) in [4.78, 5) is 2.29. The van der Waals surface area contributed by atoms with Crippen LogP contribution in [0.3, 0.4) is 0 Å². The van der Waals surface area contributed by atoms with Crippen LogP contribution in [0.25, 0.3) is 0 Å². The van der Waals surface area contributed by atoms with Gasteiger partial charge in [-0.1, -0.05) is 12.1 Å². The van der Waals surface area contributed by atoms with Gasteiger partial charge >= 0.3 is 0 Å². The number of rotatable bonds is 2. The van der Waals surface area contributed by atoms with Crippen molar-refractivity contribution in [1.29, 1.82) is 0 Å². The highest BCUT2D eigenvalue weighted by Gasteiger charge is 2.31. The highest BCUT2D eigenvalue weighted by atomic mass is 32.1. The Hall–Kier alpha value is -2.01. The summed E-state index contributed by atoms with van der Waals surface area (Å²) < 4.78 is 7.60. The second-order valence-corrected chi connectivity index (χ2v) is 7.56. The van der Waals surface area contributed by atoms with E-state index in [-0.39, 0.29) is 11.6 Å². The van der Waals surface area contributed by atoms with Crippen LogP contribution in [-0.2, 0) is 6.54 Å². The maximum Gasteiger partial charge on any atom is 0.170 e. The maximum absolute atomic E-state index is 5.73. The largest absolute Gasteiger partial charge is 0.497 e. The molecule has 0 spiro atoms. The number of hydrogen-bond acceptors (Lipinski definition) is 2. The summed E-state index contributed by atoms with van der Waals surface area (Å²) in [7, 11) is 1.69. The average molecular weight is 343 g/mol. The summed E-state index contributed by atoms with van der Waals surface area (Å²) in [6.07, 6.45) is 2.14. The molecular formula is C19H25N3OS. The van der Waals surface area contributed by atoms with Crippen molar-refractivity contribution in [2.75, 3.05) is 13.7 Å². The van der Waals surface area contributed by atoms with Crippen LogP contribution in [0.4, 0.5) is 0 Å². The molecule has 1 aromatic carbocycles. The van der Waals surface area contributed by atoms with Gasteiger partial charge in [0, 0.05) is 30.5 Å². The number of methoxy groups -OCH3 is 1. The lowest BCUT2D eigenvalue weighted by atomic mass is 10.00. The van der Waals surface area contributed by atoms with Crippen molar-refractivity contribution in [3.05, 3.63) is 53.9 Å². The van der Waals surface area contributed by atoms with Gasteiger partial charge in [-0.2, -0.15) is 0 Å². The smallest absolute Gasteiger partial charge is 0.170 e. The third-order valence-corrected chi connectivity index (χ3v) is 4.55. The van der Waals surface area contributed by atoms with Gasteiger partial charge in [0.05, 0.1) is 13.2 Å². The zero-order chi connectivity index (χ0) is 17.3. The number of fused-ring (bicyclic) bond motifs is 1. The van der Waals surface area contributed by atoms with Gasteiger partial charge in [-0.25, -0.2) is 0 Å². The zero-order valence-corrected chi connectivity index (χ0v) is 15.6. The fourth-order valence-corrected chi connectivity index (χ4v) is 3.63. The number of nitrogens with one attached hydrogen (secondary N) is 1. The third-order valence-electron chi connectivity index (χ3n) is 4.21. The highest BCUT2D eigenvalue weighted by molar-refractivity contribution is 7.80. The molecule has 1 N–H and O–H groups in total. The van der Waals surface area contributed by atoms with Crippen molar-refractivity contribution in [3.8, 4) is 5.75 Å². The Labute approximate surface area is 149 Å². The first-order valence-corrected chi connectivity index (χ1v) is 8.67. The standard InChI is InChI=1S/C19H25N3OS/c1-19(2,3)20-18(24)22-13-12-21-11-5-6-16(21)17(22)14-7-9-15(23-4)10-8-14/h5-11,17H,12-13H2,1-4H3,(H,20,24)/t17-/m1/s1. The Kier molecular flexibility index (Phi) is 4.54. The van der Waals surface area contributed by atoms with Crippen LogP contribution in [0.2, 0.25) is 0 Å². The number of ether oxygens (including phenoxy) is 1. The van der Waals surface area contributed by atoms with E-state index in [4.69, 9.17) is 17.0 Å². The quantitative estimate of drug-likeness (QED) is 0.844. The van der Waals surface area contributed by atoms with E-state index in [1.54, 1.807) is 7.11 Å². The molecule has 0 aliphatic carbocycles. The molecule has 0 amide bonds. The number of hydrogen-bond donors (Lipinski definition) is 1. The molecule has 128 valence electrons. The molecule has 0 bridgehead atoms. The molecule has 1 atom stereocenters. The van der Waals surface area contributed by atoms with E-state index in [0.29, 0.717) is 0 Å². The summed E-state index contributed by atoms with van der Waals surface area (Å²) in [6, 6.07) is 12.7. The molecule has 4 nitrogen and oxygen atoms in total. The lowest BCUT2D eigenvalue weighted by Crippen LogP contribution is -2.52. The minimum atomic E-state index is -0.0546. The molecule has 5 heteroatoms. The van der Waals surface area contributed by atoms with Crippen LogP contribution in [0.5, 0.6) is 5.75 Å². The van der Waals surface area contributed by atoms with Crippen molar-refractivity contribution in [1.82, 2.24) is 14.8 Å². The summed E-state index contributed by atoms with van der Waals surface area (Å²) in [5.74, 6) is 0.867. The molecule has 1 aromatic heterocycles. The molecule has 24 heavy (non-hydrogen) atoms. The Morgan fingerprint density at radius 1 is 1.17 bits per heavy atom. The molecule has 1 aliphatic heterocycles. The highest BCUT2D eigenvalue weighted by Crippen LogP contribution is 2.33. The minimum Gasteiger partial charge on any atom is -0.497 e. The Bertz CT molecular complexity index is 715. The molecular weight excluding hydrogens is 318 g/mol. The Balaban J connectivity index is 1.97. The van der Waals surface area contributed by atoms with Crippen molar-refractivity contribution < 1.29 is 4.74 Å². The summed E-state index contributed by atoms with van der Waals surface area (Å²) in [6.45, 7) is 8.23. The van der Waals surface area contributed by atoms with Crippen molar-refractivity contribution in [2.24, 2.45) is 0 Å². The number of thiocarbonyl (C=S) groups is 1. The van der Waals surface area contributed by atoms with Gasteiger partial charge in [-0.05, 0) is 62.8 Å². The zero-order valence-electron chi connectivity index (χ0n) is 14.7. The molecule has 0 radical (unpaired) electrons. The first-order chi connectivity index (χ1) is 11.4. The van der Waals surface area contributed by atoms with E-state index < -0.39 is 0 Å². The summed E-state index contributed by atoms with van der Waals surface area (Å²) >= 11 is 5.73. The van der Waals surface area contributed by atoms with Crippen LogP contribution in [0, 0.1) is 0 Å². The number of benzene rings is 1. The van der Waals surface area contributed by atoms with Crippen molar-refractivity contribution in [3.63, 3.8) is 0 Å². The van der Waals surface area contributed by atoms with Gasteiger partial charge < -0.3 is 19.5 Å². The fraction of sp³-hybridized carbons (Fsp3) is 0.421. The Morgan fingerprint density at radius 3 is 2.50 bits per heavy atom. The first kappa shape index (κ1) is 16.8. The van der Waals surface area contributed by atoms with Gasteiger partial charge in [0.15, 0.2) is 5.11 Å². The van der Waals surface area contributed by atoms with Crippen LogP contribution < -0.4 is 10.1 Å². The average Bonchev–Trinajstić information content (AvgIpc) is 3.01. The fourth-order valence-electron chi connectivity index (χ4n) is 3.13. The SMILES string of the molecule is COc1ccc([C@@H]2c3cccn3CCN2C(=S)NC(C)(C)C)cc1. The van der Waals surface area contributed by atoms with E-state index in [1.807, 2.05) is 12.1 Å². The molecule has 2 heterocycles. The minimum absolute atomic E-state index is 0.0546. The van der Waals surface area contributed by atoms with E-state index in [1.165, 1.54) is 11.3 Å². The van der Waals surface area contributed by atoms with E-state index in [0.717, 1.165) is 24.0 Å². The first-order valence-electron chi connectivity index (χ1n) is 8.27. The van der Waals surface area contributed by atoms with Gasteiger partial charge in [0.2, 0.25) is 0 Å². The third kappa shape index (κ3) is 3.41. The van der Waals surface area contributed by atoms with Crippen LogP contribution in [-0.4, -0.2) is 33.8 Å². The summed E-state index contributed by atoms with van der Waals surface area (Å²) in [5, 5.41) is 4.26. The molecule has 0 saturated heterocycles. The van der Waals surface area contributed by atoms with E-state index >= 15 is 0 Å². The van der Waals surface area contributed by atoms with Crippen LogP contribution in [0.15, 0.2) is 42.6 Å². The molecule has 2 aromatic rings. The maximum atomic E-state index is 5.73. The van der Waals surface area contributed by atoms with Crippen LogP contribution >= 0.6 is 12.2 Å². The van der Waals surface area contributed by atoms with Crippen molar-refractivity contribution in [2.45, 2.75) is 38.9 Å². The van der Waals surface area contributed by atoms with Gasteiger partial charge in [-0.3, -0.25) is 0 Å². The second kappa shape index (κ2) is 6.48. The number of nitrogens with zero attached hydrogens (tertiary/aromatic N) is 2. The Morgan fingerprint density at radius 2 is 1.88 bits per heavy atom. The predicted octanol–water partition coefficient (Wildman–Crippen LogP) is 3.57. The van der Waals surface area contributed by atoms with Gasteiger partial charge in [0.25, 0.3) is 0 Å². The van der Waals surface area contributed by atoms with Crippen molar-refractivity contribution >= 4 is 17.3 Å². The van der Waals surface area contributed by atoms with Crippen LogP contribution in [0.1, 0.15) is 38.1 Å². The molecule has 0 unspecified atom stereocenters. The van der Waals surface area contributed by atoms with Gasteiger partial charge in [0.1, 0.15) is 5.75 Å². The molecule has 1 aliphatic rings. The molecule has 0 saturated carbocycles. The molecule has 3 rings (SSSR count). The normalized spacial score (nSPS) is 17.3. The van der Waals surface area contributed by atoms with E-state index in [9.17, 15) is 0 Å². The lowest BCUT2D eigenvalue weighted by Gasteiger charge is -2.40. The second-order valence-electron chi connectivity index (χ2n) is 7.18.